The van der Waals surface area contributed by atoms with Crippen LogP contribution in [-0.4, -0.2) is 22.4 Å². The number of thioether (sulfide) groups is 1. The number of fused-ring (bicyclic) bond motifs is 1. The maximum Gasteiger partial charge on any atom is 0.310 e. The Morgan fingerprint density at radius 2 is 2.14 bits per heavy atom. The number of allylic oxidation sites excluding steroid dienone is 1. The molecule has 28 heavy (non-hydrogen) atoms. The van der Waals surface area contributed by atoms with E-state index >= 15 is 0 Å². The minimum absolute atomic E-state index is 0.215. The van der Waals surface area contributed by atoms with Gasteiger partial charge in [0.25, 0.3) is 0 Å². The Morgan fingerprint density at radius 1 is 1.29 bits per heavy atom. The van der Waals surface area contributed by atoms with Crippen molar-refractivity contribution in [3.63, 3.8) is 0 Å². The maximum atomic E-state index is 11.5. The lowest BCUT2D eigenvalue weighted by Crippen LogP contribution is -2.11. The lowest BCUT2D eigenvalue weighted by Gasteiger charge is -2.23. The molecule has 2 unspecified atom stereocenters. The van der Waals surface area contributed by atoms with Crippen LogP contribution in [0.15, 0.2) is 53.2 Å². The summed E-state index contributed by atoms with van der Waals surface area (Å²) in [4.78, 5) is 16.2. The molecular formula is C24H25NO2S. The van der Waals surface area contributed by atoms with Gasteiger partial charge in [-0.2, -0.15) is 0 Å². The number of aryl methyl sites for hydroxylation is 2. The maximum absolute atomic E-state index is 11.5. The van der Waals surface area contributed by atoms with Crippen LogP contribution in [-0.2, 0) is 17.6 Å². The molecule has 2 aliphatic rings. The highest BCUT2D eigenvalue weighted by molar-refractivity contribution is 8.12. The zero-order chi connectivity index (χ0) is 19.7. The second kappa shape index (κ2) is 7.96. The van der Waals surface area contributed by atoms with Crippen molar-refractivity contribution in [2.75, 3.05) is 5.75 Å². The van der Waals surface area contributed by atoms with Crippen LogP contribution in [0, 0.1) is 13.8 Å². The van der Waals surface area contributed by atoms with E-state index in [1.54, 1.807) is 11.8 Å². The fourth-order valence-electron chi connectivity index (χ4n) is 4.37. The van der Waals surface area contributed by atoms with Crippen LogP contribution < -0.4 is 0 Å². The molecule has 1 N–H and O–H groups in total. The van der Waals surface area contributed by atoms with Gasteiger partial charge in [0, 0.05) is 17.4 Å². The van der Waals surface area contributed by atoms with Crippen molar-refractivity contribution in [2.24, 2.45) is 4.99 Å². The van der Waals surface area contributed by atoms with E-state index in [1.807, 2.05) is 11.6 Å². The van der Waals surface area contributed by atoms with Gasteiger partial charge in [-0.3, -0.25) is 9.79 Å². The van der Waals surface area contributed by atoms with E-state index in [1.165, 1.54) is 27.8 Å². The van der Waals surface area contributed by atoms with Crippen molar-refractivity contribution in [1.82, 2.24) is 0 Å². The Hall–Kier alpha value is -2.33. The van der Waals surface area contributed by atoms with E-state index < -0.39 is 5.97 Å². The third-order valence-electron chi connectivity index (χ3n) is 6.07. The van der Waals surface area contributed by atoms with Gasteiger partial charge in [0.1, 0.15) is 0 Å². The molecule has 1 aliphatic carbocycles. The minimum atomic E-state index is -0.709. The van der Waals surface area contributed by atoms with Crippen LogP contribution in [0.2, 0.25) is 0 Å². The zero-order valence-electron chi connectivity index (χ0n) is 16.3. The number of hydrogen-bond acceptors (Lipinski definition) is 3. The Balaban J connectivity index is 1.69. The van der Waals surface area contributed by atoms with E-state index in [-0.39, 0.29) is 11.8 Å². The first-order valence-corrected chi connectivity index (χ1v) is 10.8. The smallest absolute Gasteiger partial charge is 0.310 e. The van der Waals surface area contributed by atoms with E-state index in [4.69, 9.17) is 4.99 Å². The Kier molecular flexibility index (Phi) is 5.40. The molecule has 1 aliphatic heterocycles. The predicted octanol–water partition coefficient (Wildman–Crippen LogP) is 5.40. The number of carbonyl (C=O) groups is 1. The molecule has 3 nitrogen and oxygen atoms in total. The highest BCUT2D eigenvalue weighted by Crippen LogP contribution is 2.37. The van der Waals surface area contributed by atoms with Crippen LogP contribution in [0.3, 0.4) is 0 Å². The summed E-state index contributed by atoms with van der Waals surface area (Å²) in [6.07, 6.45) is 4.68. The molecule has 2 atom stereocenters. The Morgan fingerprint density at radius 3 is 2.89 bits per heavy atom. The summed E-state index contributed by atoms with van der Waals surface area (Å²) < 4.78 is 0. The number of aliphatic carboxylic acids is 1. The molecule has 0 amide bonds. The molecule has 1 heterocycles. The number of hydrogen-bond donors (Lipinski definition) is 1. The average molecular weight is 392 g/mol. The van der Waals surface area contributed by atoms with E-state index in [0.29, 0.717) is 6.42 Å². The van der Waals surface area contributed by atoms with Gasteiger partial charge >= 0.3 is 5.97 Å². The largest absolute Gasteiger partial charge is 0.481 e. The molecule has 0 radical (unpaired) electrons. The molecule has 0 fully saturated rings. The van der Waals surface area contributed by atoms with Crippen LogP contribution >= 0.6 is 11.8 Å². The van der Waals surface area contributed by atoms with Gasteiger partial charge in [-0.05, 0) is 66.5 Å². The molecule has 0 saturated carbocycles. The quantitative estimate of drug-likeness (QED) is 0.742. The molecule has 4 rings (SSSR count). The normalized spacial score (nSPS) is 19.2. The fraction of sp³-hybridized carbons (Fsp3) is 0.333. The molecule has 0 bridgehead atoms. The van der Waals surface area contributed by atoms with Gasteiger partial charge < -0.3 is 5.11 Å². The monoisotopic (exact) mass is 391 g/mol. The lowest BCUT2D eigenvalue weighted by molar-refractivity contribution is -0.138. The van der Waals surface area contributed by atoms with Gasteiger partial charge in [-0.15, -0.1) is 11.8 Å². The van der Waals surface area contributed by atoms with Gasteiger partial charge in [0.05, 0.1) is 11.5 Å². The van der Waals surface area contributed by atoms with Gasteiger partial charge in [0.2, 0.25) is 0 Å². The molecule has 2 aromatic carbocycles. The number of carboxylic acid groups (broad SMARTS) is 1. The van der Waals surface area contributed by atoms with Crippen molar-refractivity contribution in [3.05, 3.63) is 81.6 Å². The number of aliphatic imine (C=N–C) groups is 1. The van der Waals surface area contributed by atoms with Gasteiger partial charge in [-0.1, -0.05) is 42.5 Å². The topological polar surface area (TPSA) is 49.7 Å². The van der Waals surface area contributed by atoms with E-state index in [2.05, 4.69) is 50.3 Å². The number of rotatable bonds is 5. The van der Waals surface area contributed by atoms with Crippen molar-refractivity contribution in [2.45, 2.75) is 44.9 Å². The SMILES string of the molecule is Cc1cccc(C(Cc2ccc3c(c2)CCC3C(=O)O)C2=CCSC=N2)c1C. The van der Waals surface area contributed by atoms with E-state index in [0.717, 1.165) is 29.9 Å². The van der Waals surface area contributed by atoms with Crippen molar-refractivity contribution < 1.29 is 9.90 Å². The Labute approximate surface area is 170 Å². The van der Waals surface area contributed by atoms with Gasteiger partial charge in [-0.25, -0.2) is 0 Å². The first kappa shape index (κ1) is 19.0. The molecule has 0 aromatic heterocycles. The number of benzene rings is 2. The number of nitrogens with zero attached hydrogens (tertiary/aromatic N) is 1. The molecule has 0 spiro atoms. The minimum Gasteiger partial charge on any atom is -0.481 e. The number of carboxylic acids is 1. The first-order valence-electron chi connectivity index (χ1n) is 9.79. The van der Waals surface area contributed by atoms with Crippen LogP contribution in [0.5, 0.6) is 0 Å². The highest BCUT2D eigenvalue weighted by atomic mass is 32.2. The second-order valence-electron chi connectivity index (χ2n) is 7.71. The van der Waals surface area contributed by atoms with E-state index in [9.17, 15) is 9.90 Å². The van der Waals surface area contributed by atoms with Crippen molar-refractivity contribution in [1.29, 1.82) is 0 Å². The summed E-state index contributed by atoms with van der Waals surface area (Å²) in [5.41, 5.74) is 10.5. The van der Waals surface area contributed by atoms with Crippen LogP contribution in [0.1, 0.15) is 51.6 Å². The molecular weight excluding hydrogens is 366 g/mol. The zero-order valence-corrected chi connectivity index (χ0v) is 17.1. The third kappa shape index (κ3) is 3.66. The van der Waals surface area contributed by atoms with Crippen molar-refractivity contribution >= 4 is 23.3 Å². The van der Waals surface area contributed by atoms with Crippen molar-refractivity contribution in [3.8, 4) is 0 Å². The summed E-state index contributed by atoms with van der Waals surface area (Å²) >= 11 is 1.72. The fourth-order valence-corrected chi connectivity index (χ4v) is 4.92. The lowest BCUT2D eigenvalue weighted by atomic mass is 9.84. The molecule has 2 aromatic rings. The van der Waals surface area contributed by atoms with Crippen LogP contribution in [0.25, 0.3) is 0 Å². The molecule has 4 heteroatoms. The summed E-state index contributed by atoms with van der Waals surface area (Å²) in [7, 11) is 0. The summed E-state index contributed by atoms with van der Waals surface area (Å²) in [5, 5.41) is 9.42. The Bertz CT molecular complexity index is 977. The first-order chi connectivity index (χ1) is 13.5. The predicted molar refractivity (Wildman–Crippen MR) is 117 cm³/mol. The van der Waals surface area contributed by atoms with Gasteiger partial charge in [0.15, 0.2) is 0 Å². The standard InChI is InChI=1S/C24H25NO2S/c1-15-4-3-5-19(16(15)2)22(23-10-11-28-14-25-23)13-17-6-8-20-18(12-17)7-9-21(20)24(26)27/h3-6,8,10,12,14,21-22H,7,9,11,13H2,1-2H3,(H,26,27). The average Bonchev–Trinajstić information content (AvgIpc) is 3.13. The third-order valence-corrected chi connectivity index (χ3v) is 6.68. The highest BCUT2D eigenvalue weighted by Gasteiger charge is 2.29. The summed E-state index contributed by atoms with van der Waals surface area (Å²) in [5.74, 6) is 0.122. The summed E-state index contributed by atoms with van der Waals surface area (Å²) in [6, 6.07) is 12.9. The summed E-state index contributed by atoms with van der Waals surface area (Å²) in [6.45, 7) is 4.35. The molecule has 0 saturated heterocycles. The van der Waals surface area contributed by atoms with Crippen LogP contribution in [0.4, 0.5) is 0 Å². The second-order valence-corrected chi connectivity index (χ2v) is 8.58. The molecule has 144 valence electrons.